The van der Waals surface area contributed by atoms with Crippen LogP contribution in [-0.2, 0) is 10.2 Å². The number of hydrogen-bond donors (Lipinski definition) is 1. The van der Waals surface area contributed by atoms with E-state index < -0.39 is 0 Å². The van der Waals surface area contributed by atoms with Crippen LogP contribution in [0.2, 0.25) is 0 Å². The normalized spacial score (nSPS) is 15.2. The SMILES string of the molecule is COc1ccc(C2(CNC(=O)c3ccc(OC)c(OC)c3OC)CCOCC2)cc1. The second kappa shape index (κ2) is 9.71. The lowest BCUT2D eigenvalue weighted by Crippen LogP contribution is -2.44. The van der Waals surface area contributed by atoms with Crippen molar-refractivity contribution in [2.75, 3.05) is 48.2 Å². The molecule has 1 aliphatic heterocycles. The van der Waals surface area contributed by atoms with E-state index in [-0.39, 0.29) is 11.3 Å². The highest BCUT2D eigenvalue weighted by Gasteiger charge is 2.35. The molecule has 0 bridgehead atoms. The summed E-state index contributed by atoms with van der Waals surface area (Å²) in [5.41, 5.74) is 1.35. The number of benzene rings is 2. The molecule has 1 fully saturated rings. The van der Waals surface area contributed by atoms with E-state index >= 15 is 0 Å². The van der Waals surface area contributed by atoms with Gasteiger partial charge in [0.15, 0.2) is 11.5 Å². The van der Waals surface area contributed by atoms with Crippen LogP contribution in [0.25, 0.3) is 0 Å². The molecule has 0 saturated carbocycles. The largest absolute Gasteiger partial charge is 0.497 e. The first kappa shape index (κ1) is 21.8. The third-order valence-electron chi connectivity index (χ3n) is 5.69. The highest BCUT2D eigenvalue weighted by atomic mass is 16.5. The van der Waals surface area contributed by atoms with E-state index in [4.69, 9.17) is 23.7 Å². The Bertz CT molecular complexity index is 859. The predicted octanol–water partition coefficient (Wildman–Crippen LogP) is 3.20. The van der Waals surface area contributed by atoms with Gasteiger partial charge in [-0.05, 0) is 42.7 Å². The van der Waals surface area contributed by atoms with Crippen molar-refractivity contribution in [2.45, 2.75) is 18.3 Å². The molecule has 1 N–H and O–H groups in total. The van der Waals surface area contributed by atoms with E-state index in [0.717, 1.165) is 24.2 Å². The van der Waals surface area contributed by atoms with Crippen molar-refractivity contribution >= 4 is 5.91 Å². The molecule has 0 radical (unpaired) electrons. The molecule has 0 unspecified atom stereocenters. The van der Waals surface area contributed by atoms with E-state index in [1.54, 1.807) is 26.4 Å². The number of carbonyl (C=O) groups excluding carboxylic acids is 1. The van der Waals surface area contributed by atoms with Crippen LogP contribution in [0.5, 0.6) is 23.0 Å². The van der Waals surface area contributed by atoms with Gasteiger partial charge < -0.3 is 29.0 Å². The summed E-state index contributed by atoms with van der Waals surface area (Å²) < 4.78 is 27.0. The van der Waals surface area contributed by atoms with Crippen molar-refractivity contribution in [1.29, 1.82) is 0 Å². The molecule has 2 aromatic rings. The Morgan fingerprint density at radius 2 is 1.57 bits per heavy atom. The van der Waals surface area contributed by atoms with Crippen molar-refractivity contribution in [3.8, 4) is 23.0 Å². The molecule has 1 amide bonds. The fourth-order valence-corrected chi connectivity index (χ4v) is 3.90. The molecule has 1 saturated heterocycles. The van der Waals surface area contributed by atoms with Gasteiger partial charge in [0, 0.05) is 25.2 Å². The zero-order valence-corrected chi connectivity index (χ0v) is 17.9. The van der Waals surface area contributed by atoms with Crippen molar-refractivity contribution in [3.05, 3.63) is 47.5 Å². The van der Waals surface area contributed by atoms with Crippen molar-refractivity contribution < 1.29 is 28.5 Å². The second-order valence-electron chi connectivity index (χ2n) is 7.19. The minimum Gasteiger partial charge on any atom is -0.497 e. The molecule has 0 atom stereocenters. The monoisotopic (exact) mass is 415 g/mol. The molecule has 30 heavy (non-hydrogen) atoms. The quantitative estimate of drug-likeness (QED) is 0.714. The Morgan fingerprint density at radius 1 is 0.900 bits per heavy atom. The first-order valence-electron chi connectivity index (χ1n) is 9.88. The third-order valence-corrected chi connectivity index (χ3v) is 5.69. The average molecular weight is 415 g/mol. The maximum atomic E-state index is 13.1. The molecule has 0 aliphatic carbocycles. The summed E-state index contributed by atoms with van der Waals surface area (Å²) in [6.45, 7) is 1.79. The number of ether oxygens (including phenoxy) is 5. The van der Waals surface area contributed by atoms with Crippen LogP contribution in [-0.4, -0.2) is 54.1 Å². The number of methoxy groups -OCH3 is 4. The minimum atomic E-state index is -0.229. The van der Waals surface area contributed by atoms with Crippen LogP contribution in [0, 0.1) is 0 Å². The van der Waals surface area contributed by atoms with Crippen molar-refractivity contribution in [2.24, 2.45) is 0 Å². The Morgan fingerprint density at radius 3 is 2.13 bits per heavy atom. The maximum Gasteiger partial charge on any atom is 0.255 e. The highest BCUT2D eigenvalue weighted by molar-refractivity contribution is 5.98. The fourth-order valence-electron chi connectivity index (χ4n) is 3.90. The van der Waals surface area contributed by atoms with E-state index in [9.17, 15) is 4.79 Å². The van der Waals surface area contributed by atoms with Gasteiger partial charge in [-0.2, -0.15) is 0 Å². The van der Waals surface area contributed by atoms with E-state index in [0.29, 0.717) is 42.6 Å². The summed E-state index contributed by atoms with van der Waals surface area (Å²) >= 11 is 0. The first-order chi connectivity index (χ1) is 14.6. The van der Waals surface area contributed by atoms with Gasteiger partial charge in [0.05, 0.1) is 34.0 Å². The van der Waals surface area contributed by atoms with Gasteiger partial charge in [-0.1, -0.05) is 12.1 Å². The zero-order chi connectivity index (χ0) is 21.6. The van der Waals surface area contributed by atoms with Gasteiger partial charge in [-0.25, -0.2) is 0 Å². The Labute approximate surface area is 177 Å². The van der Waals surface area contributed by atoms with Crippen molar-refractivity contribution in [1.82, 2.24) is 5.32 Å². The molecule has 7 nitrogen and oxygen atoms in total. The van der Waals surface area contributed by atoms with E-state index in [1.807, 2.05) is 12.1 Å². The number of rotatable bonds is 8. The molecular formula is C23H29NO6. The van der Waals surface area contributed by atoms with Gasteiger partial charge in [0.1, 0.15) is 5.75 Å². The number of amides is 1. The van der Waals surface area contributed by atoms with Gasteiger partial charge in [0.25, 0.3) is 5.91 Å². The van der Waals surface area contributed by atoms with Crippen LogP contribution in [0.1, 0.15) is 28.8 Å². The van der Waals surface area contributed by atoms with Gasteiger partial charge in [-0.3, -0.25) is 4.79 Å². The second-order valence-corrected chi connectivity index (χ2v) is 7.19. The predicted molar refractivity (Wildman–Crippen MR) is 113 cm³/mol. The first-order valence-corrected chi connectivity index (χ1v) is 9.88. The number of hydrogen-bond acceptors (Lipinski definition) is 6. The summed E-state index contributed by atoms with van der Waals surface area (Å²) in [4.78, 5) is 13.1. The van der Waals surface area contributed by atoms with Gasteiger partial charge >= 0.3 is 0 Å². The van der Waals surface area contributed by atoms with Gasteiger partial charge in [0.2, 0.25) is 5.75 Å². The Hall–Kier alpha value is -2.93. The van der Waals surface area contributed by atoms with Crippen LogP contribution in [0.3, 0.4) is 0 Å². The maximum absolute atomic E-state index is 13.1. The summed E-state index contributed by atoms with van der Waals surface area (Å²) in [6, 6.07) is 11.4. The molecule has 162 valence electrons. The van der Waals surface area contributed by atoms with Crippen molar-refractivity contribution in [3.63, 3.8) is 0 Å². The lowest BCUT2D eigenvalue weighted by molar-refractivity contribution is 0.0486. The lowest BCUT2D eigenvalue weighted by Gasteiger charge is -2.38. The zero-order valence-electron chi connectivity index (χ0n) is 17.9. The fraction of sp³-hybridized carbons (Fsp3) is 0.435. The van der Waals surface area contributed by atoms with Gasteiger partial charge in [-0.15, -0.1) is 0 Å². The number of carbonyl (C=O) groups is 1. The van der Waals surface area contributed by atoms with Crippen LogP contribution in [0.4, 0.5) is 0 Å². The topological polar surface area (TPSA) is 75.3 Å². The smallest absolute Gasteiger partial charge is 0.255 e. The third kappa shape index (κ3) is 4.31. The summed E-state index contributed by atoms with van der Waals surface area (Å²) in [7, 11) is 6.21. The van der Waals surface area contributed by atoms with E-state index in [2.05, 4.69) is 17.4 Å². The lowest BCUT2D eigenvalue weighted by atomic mass is 9.74. The van der Waals surface area contributed by atoms with Crippen LogP contribution < -0.4 is 24.3 Å². The summed E-state index contributed by atoms with van der Waals surface area (Å²) in [5.74, 6) is 1.82. The molecule has 0 aromatic heterocycles. The van der Waals surface area contributed by atoms with E-state index in [1.165, 1.54) is 14.2 Å². The molecule has 3 rings (SSSR count). The molecule has 7 heteroatoms. The standard InChI is InChI=1S/C23H29NO6/c1-26-17-7-5-16(6-8-17)23(11-13-30-14-12-23)15-24-22(25)18-9-10-19(27-2)21(29-4)20(18)28-3/h5-10H,11-15H2,1-4H3,(H,24,25). The highest BCUT2D eigenvalue weighted by Crippen LogP contribution is 2.40. The summed E-state index contributed by atoms with van der Waals surface area (Å²) in [6.07, 6.45) is 1.64. The summed E-state index contributed by atoms with van der Waals surface area (Å²) in [5, 5.41) is 3.10. The average Bonchev–Trinajstić information content (AvgIpc) is 2.82. The molecule has 0 spiro atoms. The molecular weight excluding hydrogens is 386 g/mol. The van der Waals surface area contributed by atoms with Crippen LogP contribution >= 0.6 is 0 Å². The Kier molecular flexibility index (Phi) is 7.05. The molecule has 2 aromatic carbocycles. The molecule has 1 aliphatic rings. The van der Waals surface area contributed by atoms with Crippen LogP contribution in [0.15, 0.2) is 36.4 Å². The number of nitrogens with one attached hydrogen (secondary N) is 1. The molecule has 1 heterocycles. The Balaban J connectivity index is 1.84. The minimum absolute atomic E-state index is 0.204.